The molecular weight excluding hydrogens is 360 g/mol. The van der Waals surface area contributed by atoms with Crippen LogP contribution in [0.2, 0.25) is 0 Å². The summed E-state index contributed by atoms with van der Waals surface area (Å²) < 4.78 is 0. The zero-order chi connectivity index (χ0) is 20.2. The highest BCUT2D eigenvalue weighted by Gasteiger charge is 2.27. The summed E-state index contributed by atoms with van der Waals surface area (Å²) in [4.78, 5) is 26.0. The van der Waals surface area contributed by atoms with Crippen molar-refractivity contribution in [3.8, 4) is 0 Å². The summed E-state index contributed by atoms with van der Waals surface area (Å²) in [6.45, 7) is 6.31. The molecule has 4 rings (SSSR count). The number of rotatable bonds is 7. The molecule has 0 spiro atoms. The van der Waals surface area contributed by atoms with Crippen molar-refractivity contribution in [3.05, 3.63) is 59.2 Å². The number of carbonyl (C=O) groups excluding carboxylic acids is 1. The first kappa shape index (κ1) is 20.0. The molecule has 1 aromatic carbocycles. The lowest BCUT2D eigenvalue weighted by Gasteiger charge is -2.34. The van der Waals surface area contributed by atoms with Gasteiger partial charge in [0.25, 0.3) is 5.91 Å². The summed E-state index contributed by atoms with van der Waals surface area (Å²) in [7, 11) is 1.91. The van der Waals surface area contributed by atoms with E-state index in [1.807, 2.05) is 11.9 Å². The average Bonchev–Trinajstić information content (AvgIpc) is 3.58. The zero-order valence-electron chi connectivity index (χ0n) is 17.7. The molecule has 1 aromatic heterocycles. The van der Waals surface area contributed by atoms with Crippen LogP contribution in [0.3, 0.4) is 0 Å². The maximum atomic E-state index is 12.8. The highest BCUT2D eigenvalue weighted by molar-refractivity contribution is 5.93. The molecule has 1 aliphatic carbocycles. The predicted octanol–water partition coefficient (Wildman–Crippen LogP) is 3.69. The molecule has 2 aliphatic rings. The van der Waals surface area contributed by atoms with Crippen LogP contribution in [0.4, 0.5) is 0 Å². The van der Waals surface area contributed by atoms with E-state index in [0.717, 1.165) is 38.4 Å². The van der Waals surface area contributed by atoms with E-state index in [2.05, 4.69) is 46.1 Å². The average molecular weight is 393 g/mol. The van der Waals surface area contributed by atoms with Crippen LogP contribution in [-0.4, -0.2) is 58.9 Å². The van der Waals surface area contributed by atoms with E-state index < -0.39 is 0 Å². The second-order valence-corrected chi connectivity index (χ2v) is 8.78. The first-order valence-corrected chi connectivity index (χ1v) is 10.9. The fourth-order valence-corrected chi connectivity index (χ4v) is 4.36. The van der Waals surface area contributed by atoms with Crippen LogP contribution >= 0.6 is 0 Å². The van der Waals surface area contributed by atoms with E-state index in [4.69, 9.17) is 0 Å². The van der Waals surface area contributed by atoms with Crippen LogP contribution in [-0.2, 0) is 6.42 Å². The molecule has 5 heteroatoms. The second-order valence-electron chi connectivity index (χ2n) is 8.78. The predicted molar refractivity (Wildman–Crippen MR) is 115 cm³/mol. The van der Waals surface area contributed by atoms with Crippen LogP contribution in [0.5, 0.6) is 0 Å². The molecule has 2 aromatic rings. The van der Waals surface area contributed by atoms with Crippen LogP contribution in [0.1, 0.15) is 58.9 Å². The fraction of sp³-hybridized carbons (Fsp3) is 0.542. The Morgan fingerprint density at radius 3 is 2.66 bits per heavy atom. The van der Waals surface area contributed by atoms with Crippen molar-refractivity contribution in [1.29, 1.82) is 0 Å². The number of benzene rings is 1. The van der Waals surface area contributed by atoms with Crippen molar-refractivity contribution in [1.82, 2.24) is 19.8 Å². The molecular formula is C24H32N4O. The summed E-state index contributed by atoms with van der Waals surface area (Å²) in [6.07, 6.45) is 9.25. The van der Waals surface area contributed by atoms with Crippen LogP contribution in [0, 0.1) is 12.8 Å². The van der Waals surface area contributed by atoms with Gasteiger partial charge in [-0.15, -0.1) is 0 Å². The third-order valence-corrected chi connectivity index (χ3v) is 6.30. The van der Waals surface area contributed by atoms with E-state index in [1.54, 1.807) is 12.4 Å². The topological polar surface area (TPSA) is 49.3 Å². The molecule has 5 nitrogen and oxygen atoms in total. The van der Waals surface area contributed by atoms with E-state index >= 15 is 0 Å². The lowest BCUT2D eigenvalue weighted by Crippen LogP contribution is -2.42. The minimum atomic E-state index is 0.0318. The van der Waals surface area contributed by atoms with Crippen molar-refractivity contribution in [3.63, 3.8) is 0 Å². The zero-order valence-corrected chi connectivity index (χ0v) is 17.7. The van der Waals surface area contributed by atoms with Crippen molar-refractivity contribution in [2.75, 3.05) is 33.2 Å². The number of carbonyl (C=O) groups is 1. The lowest BCUT2D eigenvalue weighted by atomic mass is 9.96. The van der Waals surface area contributed by atoms with Gasteiger partial charge in [0.15, 0.2) is 0 Å². The standard InChI is InChI=1S/C24H32N4O/c1-18-6-3-4-8-20(18)11-13-28-12-5-7-19(17-28)16-27(2)24(29)22-14-25-23(26-15-22)21-9-10-21/h3-4,6,8,14-15,19,21H,5,7,9-13,16-17H2,1-2H3/t19-/m1/s1. The summed E-state index contributed by atoms with van der Waals surface area (Å²) >= 11 is 0. The van der Waals surface area contributed by atoms with Gasteiger partial charge in [-0.1, -0.05) is 24.3 Å². The maximum Gasteiger partial charge on any atom is 0.256 e. The molecule has 1 saturated heterocycles. The van der Waals surface area contributed by atoms with E-state index in [-0.39, 0.29) is 5.91 Å². The Hall–Kier alpha value is -2.27. The number of aryl methyl sites for hydroxylation is 1. The monoisotopic (exact) mass is 392 g/mol. The third-order valence-electron chi connectivity index (χ3n) is 6.30. The number of nitrogens with zero attached hydrogens (tertiary/aromatic N) is 4. The van der Waals surface area contributed by atoms with Gasteiger partial charge in [-0.3, -0.25) is 4.79 Å². The Morgan fingerprint density at radius 2 is 1.93 bits per heavy atom. The SMILES string of the molecule is Cc1ccccc1CCN1CCC[C@H](CN(C)C(=O)c2cnc(C3CC3)nc2)C1. The molecule has 154 valence electrons. The van der Waals surface area contributed by atoms with Gasteiger partial charge in [-0.05, 0) is 62.6 Å². The largest absolute Gasteiger partial charge is 0.341 e. The normalized spacial score (nSPS) is 19.9. The molecule has 0 bridgehead atoms. The third kappa shape index (κ3) is 5.21. The van der Waals surface area contributed by atoms with Gasteiger partial charge in [0.05, 0.1) is 5.56 Å². The van der Waals surface area contributed by atoms with Crippen molar-refractivity contribution < 1.29 is 4.79 Å². The summed E-state index contributed by atoms with van der Waals surface area (Å²) in [5.74, 6) is 1.97. The first-order chi connectivity index (χ1) is 14.1. The van der Waals surface area contributed by atoms with Crippen molar-refractivity contribution in [2.45, 2.75) is 44.9 Å². The van der Waals surface area contributed by atoms with Gasteiger partial charge in [-0.2, -0.15) is 0 Å². The summed E-state index contributed by atoms with van der Waals surface area (Å²) in [5, 5.41) is 0. The lowest BCUT2D eigenvalue weighted by molar-refractivity contribution is 0.0729. The minimum absolute atomic E-state index is 0.0318. The quantitative estimate of drug-likeness (QED) is 0.721. The molecule has 2 fully saturated rings. The molecule has 0 radical (unpaired) electrons. The summed E-state index contributed by atoms with van der Waals surface area (Å²) in [5.41, 5.74) is 3.42. The van der Waals surface area contributed by atoms with Crippen molar-refractivity contribution >= 4 is 5.91 Å². The molecule has 2 heterocycles. The van der Waals surface area contributed by atoms with Crippen molar-refractivity contribution in [2.24, 2.45) is 5.92 Å². The Balaban J connectivity index is 1.27. The number of aromatic nitrogens is 2. The molecule has 29 heavy (non-hydrogen) atoms. The Labute approximate surface area is 174 Å². The van der Waals surface area contributed by atoms with Gasteiger partial charge in [-0.25, -0.2) is 9.97 Å². The molecule has 0 N–H and O–H groups in total. The molecule has 1 amide bonds. The Morgan fingerprint density at radius 1 is 1.17 bits per heavy atom. The van der Waals surface area contributed by atoms with E-state index in [9.17, 15) is 4.79 Å². The van der Waals surface area contributed by atoms with Crippen LogP contribution in [0.25, 0.3) is 0 Å². The molecule has 1 aliphatic heterocycles. The van der Waals surface area contributed by atoms with E-state index in [0.29, 0.717) is 17.4 Å². The molecule has 1 atom stereocenters. The van der Waals surface area contributed by atoms with Gasteiger partial charge in [0.1, 0.15) is 5.82 Å². The molecule has 0 unspecified atom stereocenters. The number of hydrogen-bond acceptors (Lipinski definition) is 4. The summed E-state index contributed by atoms with van der Waals surface area (Å²) in [6, 6.07) is 8.66. The molecule has 1 saturated carbocycles. The van der Waals surface area contributed by atoms with Gasteiger partial charge < -0.3 is 9.80 Å². The van der Waals surface area contributed by atoms with Crippen LogP contribution in [0.15, 0.2) is 36.7 Å². The highest BCUT2D eigenvalue weighted by Crippen LogP contribution is 2.37. The smallest absolute Gasteiger partial charge is 0.256 e. The number of piperidine rings is 1. The number of amides is 1. The second kappa shape index (κ2) is 9.04. The Bertz CT molecular complexity index is 831. The van der Waals surface area contributed by atoms with Crippen LogP contribution < -0.4 is 0 Å². The fourth-order valence-electron chi connectivity index (χ4n) is 4.36. The number of likely N-dealkylation sites (tertiary alicyclic amines) is 1. The number of hydrogen-bond donors (Lipinski definition) is 0. The first-order valence-electron chi connectivity index (χ1n) is 10.9. The maximum absolute atomic E-state index is 12.8. The highest BCUT2D eigenvalue weighted by atomic mass is 16.2. The van der Waals surface area contributed by atoms with Gasteiger partial charge in [0.2, 0.25) is 0 Å². The van der Waals surface area contributed by atoms with E-state index in [1.165, 1.54) is 36.8 Å². The Kier molecular flexibility index (Phi) is 6.24. The minimum Gasteiger partial charge on any atom is -0.341 e. The van der Waals surface area contributed by atoms with Gasteiger partial charge in [0, 0.05) is 45.0 Å². The van der Waals surface area contributed by atoms with Gasteiger partial charge >= 0.3 is 0 Å².